The number of nitrogens with zero attached hydrogens (tertiary/aromatic N) is 2. The molecule has 0 aromatic heterocycles. The summed E-state index contributed by atoms with van der Waals surface area (Å²) in [7, 11) is 0. The van der Waals surface area contributed by atoms with Gasteiger partial charge in [-0.1, -0.05) is 30.3 Å². The molecule has 156 valence electrons. The molecule has 0 bridgehead atoms. The highest BCUT2D eigenvalue weighted by Gasteiger charge is 2.60. The molecular weight excluding hydrogens is 415 g/mol. The molecule has 0 spiro atoms. The molecule has 31 heavy (non-hydrogen) atoms. The molecule has 2 aliphatic heterocycles. The third-order valence-electron chi connectivity index (χ3n) is 5.67. The number of carbonyl (C=O) groups excluding carboxylic acids is 2. The van der Waals surface area contributed by atoms with Crippen LogP contribution in [0.3, 0.4) is 0 Å². The van der Waals surface area contributed by atoms with E-state index in [4.69, 9.17) is 4.84 Å². The van der Waals surface area contributed by atoms with Crippen molar-refractivity contribution in [3.05, 3.63) is 90.2 Å². The Balaban J connectivity index is 1.57. The lowest BCUT2D eigenvalue weighted by Crippen LogP contribution is -2.37. The van der Waals surface area contributed by atoms with Gasteiger partial charge in [-0.05, 0) is 60.4 Å². The van der Waals surface area contributed by atoms with Crippen molar-refractivity contribution < 1.29 is 18.8 Å². The molecule has 3 aromatic carbocycles. The molecule has 0 radical (unpaired) electrons. The summed E-state index contributed by atoms with van der Waals surface area (Å²) in [6, 6.07) is 22.2. The minimum absolute atomic E-state index is 0.345. The van der Waals surface area contributed by atoms with Gasteiger partial charge in [0, 0.05) is 4.90 Å². The summed E-state index contributed by atoms with van der Waals surface area (Å²) in [4.78, 5) is 35.0. The molecule has 7 heteroatoms. The second-order valence-corrected chi connectivity index (χ2v) is 8.30. The lowest BCUT2D eigenvalue weighted by atomic mass is 9.90. The maximum Gasteiger partial charge on any atom is 0.266 e. The zero-order valence-corrected chi connectivity index (χ0v) is 17.5. The Morgan fingerprint density at radius 3 is 2.16 bits per heavy atom. The van der Waals surface area contributed by atoms with E-state index < -0.39 is 29.8 Å². The third-order valence-corrected chi connectivity index (χ3v) is 6.41. The van der Waals surface area contributed by atoms with Gasteiger partial charge in [0.15, 0.2) is 6.10 Å². The average molecular weight is 434 g/mol. The smallest absolute Gasteiger partial charge is 0.266 e. The molecule has 3 unspecified atom stereocenters. The maximum absolute atomic E-state index is 13.5. The van der Waals surface area contributed by atoms with Gasteiger partial charge in [0.05, 0.1) is 17.4 Å². The van der Waals surface area contributed by atoms with E-state index in [1.54, 1.807) is 16.8 Å². The number of para-hydroxylation sites is 1. The summed E-state index contributed by atoms with van der Waals surface area (Å²) in [5, 5.41) is 1.67. The fourth-order valence-corrected chi connectivity index (χ4v) is 4.61. The van der Waals surface area contributed by atoms with Crippen molar-refractivity contribution in [1.82, 2.24) is 0 Å². The van der Waals surface area contributed by atoms with Crippen LogP contribution in [0.4, 0.5) is 15.8 Å². The molecule has 2 amide bonds. The van der Waals surface area contributed by atoms with Crippen molar-refractivity contribution >= 4 is 35.0 Å². The standard InChI is InChI=1S/C24H19FN2O3S/c1-31-19-13-7-15(8-14-19)21-20-22(30-27(21)18-5-3-2-4-6-18)24(29)26(23(20)28)17-11-9-16(25)10-12-17/h2-14,20-22H,1H3. The van der Waals surface area contributed by atoms with Crippen LogP contribution in [0, 0.1) is 11.7 Å². The van der Waals surface area contributed by atoms with Crippen molar-refractivity contribution in [2.75, 3.05) is 16.2 Å². The molecule has 2 aliphatic rings. The number of imide groups is 1. The van der Waals surface area contributed by atoms with Gasteiger partial charge in [-0.25, -0.2) is 14.4 Å². The topological polar surface area (TPSA) is 49.9 Å². The quantitative estimate of drug-likeness (QED) is 0.444. The Bertz CT molecular complexity index is 1120. The minimum atomic E-state index is -0.942. The normalized spacial score (nSPS) is 22.8. The minimum Gasteiger partial charge on any atom is -0.273 e. The van der Waals surface area contributed by atoms with E-state index in [2.05, 4.69) is 0 Å². The Kier molecular flexibility index (Phi) is 5.00. The van der Waals surface area contributed by atoms with Crippen molar-refractivity contribution in [3.8, 4) is 0 Å². The second-order valence-electron chi connectivity index (χ2n) is 7.42. The first-order valence-corrected chi connectivity index (χ1v) is 11.1. The maximum atomic E-state index is 13.5. The molecule has 5 nitrogen and oxygen atoms in total. The van der Waals surface area contributed by atoms with Crippen molar-refractivity contribution in [1.29, 1.82) is 0 Å². The van der Waals surface area contributed by atoms with Gasteiger partial charge in [0.2, 0.25) is 5.91 Å². The fourth-order valence-electron chi connectivity index (χ4n) is 4.20. The molecule has 0 N–H and O–H groups in total. The molecular formula is C24H19FN2O3S. The number of hydroxylamine groups is 1. The van der Waals surface area contributed by atoms with Gasteiger partial charge < -0.3 is 0 Å². The number of rotatable bonds is 4. The first-order valence-electron chi connectivity index (χ1n) is 9.87. The van der Waals surface area contributed by atoms with Crippen LogP contribution < -0.4 is 9.96 Å². The third kappa shape index (κ3) is 3.30. The van der Waals surface area contributed by atoms with Crippen molar-refractivity contribution in [2.45, 2.75) is 17.0 Å². The summed E-state index contributed by atoms with van der Waals surface area (Å²) >= 11 is 1.63. The molecule has 3 atom stereocenters. The van der Waals surface area contributed by atoms with E-state index in [1.165, 1.54) is 24.3 Å². The van der Waals surface area contributed by atoms with Crippen LogP contribution in [0.25, 0.3) is 0 Å². The zero-order chi connectivity index (χ0) is 21.5. The summed E-state index contributed by atoms with van der Waals surface area (Å²) in [6.07, 6.45) is 1.06. The summed E-state index contributed by atoms with van der Waals surface area (Å²) < 4.78 is 13.4. The Labute approximate surface area is 183 Å². The molecule has 0 aliphatic carbocycles. The van der Waals surface area contributed by atoms with Crippen molar-refractivity contribution in [3.63, 3.8) is 0 Å². The average Bonchev–Trinajstić information content (AvgIpc) is 3.31. The van der Waals surface area contributed by atoms with Crippen LogP contribution >= 0.6 is 11.8 Å². The highest BCUT2D eigenvalue weighted by Crippen LogP contribution is 2.47. The van der Waals surface area contributed by atoms with E-state index in [0.717, 1.165) is 21.0 Å². The van der Waals surface area contributed by atoms with Gasteiger partial charge in [-0.15, -0.1) is 11.8 Å². The summed E-state index contributed by atoms with van der Waals surface area (Å²) in [6.45, 7) is 0. The highest BCUT2D eigenvalue weighted by atomic mass is 32.2. The van der Waals surface area contributed by atoms with E-state index in [9.17, 15) is 14.0 Å². The lowest BCUT2D eigenvalue weighted by Gasteiger charge is -2.28. The lowest BCUT2D eigenvalue weighted by molar-refractivity contribution is -0.126. The highest BCUT2D eigenvalue weighted by molar-refractivity contribution is 7.98. The Morgan fingerprint density at radius 1 is 0.839 bits per heavy atom. The van der Waals surface area contributed by atoms with E-state index in [-0.39, 0.29) is 5.91 Å². The van der Waals surface area contributed by atoms with Crippen LogP contribution in [0.15, 0.2) is 83.8 Å². The fraction of sp³-hybridized carbons (Fsp3) is 0.167. The Morgan fingerprint density at radius 2 is 1.52 bits per heavy atom. The monoisotopic (exact) mass is 434 g/mol. The van der Waals surface area contributed by atoms with E-state index in [0.29, 0.717) is 5.69 Å². The summed E-state index contributed by atoms with van der Waals surface area (Å²) in [5.41, 5.74) is 2.00. The van der Waals surface area contributed by atoms with Crippen LogP contribution in [-0.2, 0) is 14.4 Å². The van der Waals surface area contributed by atoms with Crippen LogP contribution in [0.1, 0.15) is 11.6 Å². The Hall–Kier alpha value is -3.16. The second kappa shape index (κ2) is 7.83. The number of halogens is 1. The van der Waals surface area contributed by atoms with Gasteiger partial charge in [-0.3, -0.25) is 14.4 Å². The SMILES string of the molecule is CSc1ccc(C2C3C(=O)N(c4ccc(F)cc4)C(=O)C3ON2c2ccccc2)cc1. The first kappa shape index (κ1) is 19.8. The van der Waals surface area contributed by atoms with Crippen LogP contribution in [0.2, 0.25) is 0 Å². The molecule has 2 fully saturated rings. The number of thioether (sulfide) groups is 1. The van der Waals surface area contributed by atoms with Gasteiger partial charge >= 0.3 is 0 Å². The molecule has 2 saturated heterocycles. The first-order chi connectivity index (χ1) is 15.1. The number of carbonyl (C=O) groups is 2. The van der Waals surface area contributed by atoms with Crippen molar-refractivity contribution in [2.24, 2.45) is 5.92 Å². The van der Waals surface area contributed by atoms with E-state index in [1.807, 2.05) is 60.9 Å². The largest absolute Gasteiger partial charge is 0.273 e. The molecule has 0 saturated carbocycles. The predicted octanol–water partition coefficient (Wildman–Crippen LogP) is 4.60. The molecule has 5 rings (SSSR count). The van der Waals surface area contributed by atoms with Crippen LogP contribution in [0.5, 0.6) is 0 Å². The summed E-state index contributed by atoms with van der Waals surface area (Å²) in [5.74, 6) is -1.93. The number of amides is 2. The number of hydrogen-bond acceptors (Lipinski definition) is 5. The van der Waals surface area contributed by atoms with Gasteiger partial charge in [-0.2, -0.15) is 0 Å². The van der Waals surface area contributed by atoms with E-state index >= 15 is 0 Å². The predicted molar refractivity (Wildman–Crippen MR) is 117 cm³/mol. The van der Waals surface area contributed by atoms with Gasteiger partial charge in [0.25, 0.3) is 5.91 Å². The number of benzene rings is 3. The number of fused-ring (bicyclic) bond motifs is 1. The number of hydrogen-bond donors (Lipinski definition) is 0. The van der Waals surface area contributed by atoms with Gasteiger partial charge in [0.1, 0.15) is 11.7 Å². The number of anilines is 2. The van der Waals surface area contributed by atoms with Crippen LogP contribution in [-0.4, -0.2) is 24.2 Å². The zero-order valence-electron chi connectivity index (χ0n) is 16.6. The molecule has 2 heterocycles. The molecule has 3 aromatic rings.